The number of nitrogens with zero attached hydrogens (tertiary/aromatic N) is 4. The molecule has 0 spiro atoms. The van der Waals surface area contributed by atoms with Gasteiger partial charge in [-0.3, -0.25) is 0 Å². The molecule has 130 valence electrons. The largest absolute Gasteiger partial charge is 0.492 e. The smallest absolute Gasteiger partial charge is 0.214 e. The first-order valence-electron chi connectivity index (χ1n) is 7.79. The molecule has 0 saturated carbocycles. The van der Waals surface area contributed by atoms with Gasteiger partial charge >= 0.3 is 0 Å². The number of thioether (sulfide) groups is 2. The van der Waals surface area contributed by atoms with E-state index in [2.05, 4.69) is 15.5 Å². The summed E-state index contributed by atoms with van der Waals surface area (Å²) in [5.74, 6) is 2.24. The second-order valence-corrected chi connectivity index (χ2v) is 7.16. The van der Waals surface area contributed by atoms with E-state index in [1.165, 1.54) is 12.1 Å². The van der Waals surface area contributed by atoms with Crippen LogP contribution in [0.15, 0.2) is 58.6 Å². The lowest BCUT2D eigenvalue weighted by atomic mass is 10.3. The number of benzene rings is 2. The fourth-order valence-electron chi connectivity index (χ4n) is 2.15. The van der Waals surface area contributed by atoms with E-state index in [0.717, 1.165) is 27.8 Å². The topological polar surface area (TPSA) is 52.8 Å². The van der Waals surface area contributed by atoms with Gasteiger partial charge < -0.3 is 4.74 Å². The van der Waals surface area contributed by atoms with Crippen LogP contribution in [-0.2, 0) is 0 Å². The average molecular weight is 376 g/mol. The Labute approximate surface area is 154 Å². The van der Waals surface area contributed by atoms with Gasteiger partial charge in [0.25, 0.3) is 0 Å². The summed E-state index contributed by atoms with van der Waals surface area (Å²) in [6, 6.07) is 14.2. The van der Waals surface area contributed by atoms with Gasteiger partial charge in [0.1, 0.15) is 17.3 Å². The van der Waals surface area contributed by atoms with Crippen LogP contribution in [0.3, 0.4) is 0 Å². The number of ether oxygens (including phenoxy) is 1. The van der Waals surface area contributed by atoms with Crippen LogP contribution in [0.5, 0.6) is 5.75 Å². The summed E-state index contributed by atoms with van der Waals surface area (Å²) in [5.41, 5.74) is 0.822. The Bertz CT molecular complexity index is 810. The highest BCUT2D eigenvalue weighted by atomic mass is 32.2. The predicted molar refractivity (Wildman–Crippen MR) is 98.2 cm³/mol. The third-order valence-corrected chi connectivity index (χ3v) is 5.42. The fourth-order valence-corrected chi connectivity index (χ4v) is 3.92. The molecule has 0 aliphatic rings. The molecule has 25 heavy (non-hydrogen) atoms. The molecule has 0 unspecified atom stereocenters. The van der Waals surface area contributed by atoms with Crippen LogP contribution in [0, 0.1) is 5.82 Å². The van der Waals surface area contributed by atoms with Gasteiger partial charge in [-0.15, -0.1) is 16.9 Å². The van der Waals surface area contributed by atoms with Crippen LogP contribution in [-0.4, -0.2) is 38.3 Å². The van der Waals surface area contributed by atoms with E-state index < -0.39 is 0 Å². The lowest BCUT2D eigenvalue weighted by molar-refractivity contribution is 0.337. The summed E-state index contributed by atoms with van der Waals surface area (Å²) >= 11 is 3.25. The van der Waals surface area contributed by atoms with E-state index in [0.29, 0.717) is 11.8 Å². The molecule has 3 rings (SSSR count). The third-order valence-electron chi connectivity index (χ3n) is 3.23. The molecule has 0 aliphatic carbocycles. The van der Waals surface area contributed by atoms with Crippen molar-refractivity contribution in [3.8, 4) is 11.4 Å². The molecule has 2 aromatic carbocycles. The van der Waals surface area contributed by atoms with Gasteiger partial charge in [0.2, 0.25) is 5.16 Å². The van der Waals surface area contributed by atoms with Gasteiger partial charge in [-0.05, 0) is 53.7 Å². The van der Waals surface area contributed by atoms with Crippen molar-refractivity contribution >= 4 is 23.5 Å². The van der Waals surface area contributed by atoms with Gasteiger partial charge in [0, 0.05) is 16.4 Å². The molecule has 0 atom stereocenters. The lowest BCUT2D eigenvalue weighted by Crippen LogP contribution is -2.03. The summed E-state index contributed by atoms with van der Waals surface area (Å²) in [4.78, 5) is 1.04. The number of tetrazole rings is 1. The van der Waals surface area contributed by atoms with Gasteiger partial charge in [-0.1, -0.05) is 23.9 Å². The molecule has 0 amide bonds. The molecule has 8 heteroatoms. The minimum atomic E-state index is -0.217. The van der Waals surface area contributed by atoms with Crippen LogP contribution < -0.4 is 4.74 Å². The Morgan fingerprint density at radius 1 is 1.04 bits per heavy atom. The second-order valence-electron chi connectivity index (χ2n) is 4.92. The van der Waals surface area contributed by atoms with Crippen molar-refractivity contribution in [3.05, 3.63) is 54.3 Å². The Hall–Kier alpha value is -2.06. The molecule has 3 aromatic rings. The maximum absolute atomic E-state index is 12.9. The van der Waals surface area contributed by atoms with Crippen molar-refractivity contribution in [1.29, 1.82) is 0 Å². The molecule has 0 aliphatic heterocycles. The summed E-state index contributed by atoms with van der Waals surface area (Å²) < 4.78 is 20.2. The predicted octanol–water partition coefficient (Wildman–Crippen LogP) is 4.08. The molecule has 0 fully saturated rings. The van der Waals surface area contributed by atoms with E-state index in [1.54, 1.807) is 40.3 Å². The van der Waals surface area contributed by atoms with E-state index in [4.69, 9.17) is 4.74 Å². The monoisotopic (exact) mass is 376 g/mol. The summed E-state index contributed by atoms with van der Waals surface area (Å²) in [5, 5.41) is 12.7. The van der Waals surface area contributed by atoms with Gasteiger partial charge in [0.05, 0.1) is 6.61 Å². The van der Waals surface area contributed by atoms with E-state index in [1.807, 2.05) is 31.2 Å². The zero-order valence-electron chi connectivity index (χ0n) is 13.6. The molecule has 0 radical (unpaired) electrons. The molecular formula is C17H17FN4OS2. The molecular weight excluding hydrogens is 359 g/mol. The van der Waals surface area contributed by atoms with Crippen LogP contribution >= 0.6 is 23.5 Å². The Kier molecular flexibility index (Phi) is 6.30. The normalized spacial score (nSPS) is 10.8. The molecule has 1 aromatic heterocycles. The Morgan fingerprint density at radius 3 is 2.60 bits per heavy atom. The van der Waals surface area contributed by atoms with E-state index in [-0.39, 0.29) is 5.82 Å². The average Bonchev–Trinajstić information content (AvgIpc) is 3.09. The quantitative estimate of drug-likeness (QED) is 0.436. The highest BCUT2D eigenvalue weighted by Gasteiger charge is 2.13. The SMILES string of the molecule is CCOc1ccccc1-n1nnnc1SCCSc1ccc(F)cc1. The zero-order valence-corrected chi connectivity index (χ0v) is 15.3. The second kappa shape index (κ2) is 8.87. The minimum Gasteiger partial charge on any atom is -0.492 e. The minimum absolute atomic E-state index is 0.217. The molecule has 1 heterocycles. The maximum Gasteiger partial charge on any atom is 0.214 e. The van der Waals surface area contributed by atoms with Crippen molar-refractivity contribution in [2.45, 2.75) is 17.0 Å². The van der Waals surface area contributed by atoms with Crippen LogP contribution in [0.25, 0.3) is 5.69 Å². The summed E-state index contributed by atoms with van der Waals surface area (Å²) in [6.45, 7) is 2.52. The number of hydrogen-bond acceptors (Lipinski definition) is 6. The van der Waals surface area contributed by atoms with Crippen molar-refractivity contribution in [2.24, 2.45) is 0 Å². The highest BCUT2D eigenvalue weighted by molar-refractivity contribution is 8.02. The summed E-state index contributed by atoms with van der Waals surface area (Å²) in [6.07, 6.45) is 0. The summed E-state index contributed by atoms with van der Waals surface area (Å²) in [7, 11) is 0. The molecule has 0 saturated heterocycles. The number of hydrogen-bond donors (Lipinski definition) is 0. The number of rotatable bonds is 8. The van der Waals surface area contributed by atoms with Gasteiger partial charge in [-0.2, -0.15) is 4.68 Å². The lowest BCUT2D eigenvalue weighted by Gasteiger charge is -2.10. The maximum atomic E-state index is 12.9. The highest BCUT2D eigenvalue weighted by Crippen LogP contribution is 2.27. The zero-order chi connectivity index (χ0) is 17.5. The van der Waals surface area contributed by atoms with Crippen LogP contribution in [0.2, 0.25) is 0 Å². The van der Waals surface area contributed by atoms with Crippen molar-refractivity contribution in [1.82, 2.24) is 20.2 Å². The number of para-hydroxylation sites is 2. The fraction of sp³-hybridized carbons (Fsp3) is 0.235. The van der Waals surface area contributed by atoms with Gasteiger partial charge in [-0.25, -0.2) is 4.39 Å². The number of aromatic nitrogens is 4. The molecule has 5 nitrogen and oxygen atoms in total. The first-order valence-corrected chi connectivity index (χ1v) is 9.77. The third kappa shape index (κ3) is 4.73. The van der Waals surface area contributed by atoms with Crippen LogP contribution in [0.1, 0.15) is 6.92 Å². The number of halogens is 1. The first kappa shape index (κ1) is 17.8. The first-order chi connectivity index (χ1) is 12.3. The molecule has 0 bridgehead atoms. The Morgan fingerprint density at radius 2 is 1.80 bits per heavy atom. The van der Waals surface area contributed by atoms with Crippen molar-refractivity contribution < 1.29 is 9.13 Å². The molecule has 0 N–H and O–H groups in total. The van der Waals surface area contributed by atoms with Crippen molar-refractivity contribution in [3.63, 3.8) is 0 Å². The van der Waals surface area contributed by atoms with Crippen LogP contribution in [0.4, 0.5) is 4.39 Å². The van der Waals surface area contributed by atoms with Crippen molar-refractivity contribution in [2.75, 3.05) is 18.1 Å². The van der Waals surface area contributed by atoms with E-state index in [9.17, 15) is 4.39 Å². The Balaban J connectivity index is 1.61. The standard InChI is InChI=1S/C17H17FN4OS2/c1-2-23-16-6-4-3-5-15(16)22-17(19-20-21-22)25-12-11-24-14-9-7-13(18)8-10-14/h3-10H,2,11-12H2,1H3. The van der Waals surface area contributed by atoms with E-state index >= 15 is 0 Å². The van der Waals surface area contributed by atoms with Gasteiger partial charge in [0.15, 0.2) is 0 Å².